The number of fused-ring (bicyclic) bond motifs is 1. The van der Waals surface area contributed by atoms with E-state index in [9.17, 15) is 0 Å². The van der Waals surface area contributed by atoms with Crippen LogP contribution in [0.2, 0.25) is 0 Å². The first-order valence-corrected chi connectivity index (χ1v) is 5.24. The van der Waals surface area contributed by atoms with Crippen LogP contribution in [0.1, 0.15) is 17.5 Å². The van der Waals surface area contributed by atoms with E-state index in [1.54, 1.807) is 6.20 Å². The molecule has 74 valence electrons. The van der Waals surface area contributed by atoms with E-state index in [4.69, 9.17) is 6.42 Å². The highest BCUT2D eigenvalue weighted by Gasteiger charge is 2.37. The Morgan fingerprint density at radius 1 is 1.47 bits per heavy atom. The number of aromatic nitrogens is 1. The number of nitrogens with one attached hydrogen (secondary N) is 1. The molecule has 0 radical (unpaired) electrons. The summed E-state index contributed by atoms with van der Waals surface area (Å²) in [6, 6.07) is 2.58. The molecule has 3 rings (SSSR count). The highest BCUT2D eigenvalue weighted by atomic mass is 15.0. The van der Waals surface area contributed by atoms with Crippen LogP contribution in [0.5, 0.6) is 0 Å². The molecule has 2 heteroatoms. The van der Waals surface area contributed by atoms with Crippen LogP contribution in [0.4, 0.5) is 0 Å². The van der Waals surface area contributed by atoms with Gasteiger partial charge < -0.3 is 5.32 Å². The van der Waals surface area contributed by atoms with Gasteiger partial charge in [-0.2, -0.15) is 0 Å². The molecular formula is C13H12N2. The summed E-state index contributed by atoms with van der Waals surface area (Å²) in [5.74, 6) is 3.43. The first-order chi connectivity index (χ1) is 7.38. The number of terminal acetylenes is 1. The van der Waals surface area contributed by atoms with Gasteiger partial charge in [0.15, 0.2) is 0 Å². The molecule has 2 aliphatic rings. The van der Waals surface area contributed by atoms with Gasteiger partial charge in [-0.1, -0.05) is 12.0 Å². The van der Waals surface area contributed by atoms with Crippen molar-refractivity contribution in [1.82, 2.24) is 10.3 Å². The number of hydrogen-bond donors (Lipinski definition) is 1. The van der Waals surface area contributed by atoms with E-state index in [0.29, 0.717) is 6.04 Å². The summed E-state index contributed by atoms with van der Waals surface area (Å²) >= 11 is 0. The van der Waals surface area contributed by atoms with Crippen LogP contribution in [0.25, 0.3) is 5.57 Å². The Hall–Kier alpha value is -1.59. The second-order valence-electron chi connectivity index (χ2n) is 4.15. The molecule has 15 heavy (non-hydrogen) atoms. The summed E-state index contributed by atoms with van der Waals surface area (Å²) in [4.78, 5) is 4.17. The first kappa shape index (κ1) is 8.70. The molecule has 1 saturated heterocycles. The second-order valence-corrected chi connectivity index (χ2v) is 4.15. The van der Waals surface area contributed by atoms with Gasteiger partial charge in [-0.05, 0) is 29.5 Å². The molecule has 0 amide bonds. The highest BCUT2D eigenvalue weighted by molar-refractivity contribution is 5.73. The molecule has 0 spiro atoms. The molecule has 2 nitrogen and oxygen atoms in total. The largest absolute Gasteiger partial charge is 0.309 e. The lowest BCUT2D eigenvalue weighted by Gasteiger charge is -2.34. The molecule has 0 bridgehead atoms. The van der Waals surface area contributed by atoms with Crippen molar-refractivity contribution in [3.05, 3.63) is 35.7 Å². The Morgan fingerprint density at radius 3 is 3.07 bits per heavy atom. The zero-order valence-corrected chi connectivity index (χ0v) is 8.40. The molecule has 1 aromatic heterocycles. The van der Waals surface area contributed by atoms with Crippen LogP contribution in [0.3, 0.4) is 0 Å². The fourth-order valence-electron chi connectivity index (χ4n) is 2.37. The minimum absolute atomic E-state index is 0.542. The number of nitrogens with zero attached hydrogens (tertiary/aromatic N) is 1. The Morgan fingerprint density at radius 2 is 2.40 bits per heavy atom. The summed E-state index contributed by atoms with van der Waals surface area (Å²) in [7, 11) is 0. The average molecular weight is 196 g/mol. The topological polar surface area (TPSA) is 24.9 Å². The van der Waals surface area contributed by atoms with Crippen molar-refractivity contribution in [2.75, 3.05) is 6.54 Å². The Bertz CT molecular complexity index is 468. The molecular weight excluding hydrogens is 184 g/mol. The normalized spacial score (nSPS) is 27.5. The summed E-state index contributed by atoms with van der Waals surface area (Å²) in [5.41, 5.74) is 3.40. The Kier molecular flexibility index (Phi) is 1.87. The van der Waals surface area contributed by atoms with Gasteiger partial charge in [-0.25, -0.2) is 0 Å². The molecule has 0 unspecified atom stereocenters. The van der Waals surface area contributed by atoms with Gasteiger partial charge in [-0.15, -0.1) is 6.42 Å². The lowest BCUT2D eigenvalue weighted by atomic mass is 9.89. The van der Waals surface area contributed by atoms with Crippen molar-refractivity contribution in [2.24, 2.45) is 5.92 Å². The van der Waals surface area contributed by atoms with E-state index in [1.165, 1.54) is 17.6 Å². The van der Waals surface area contributed by atoms with Gasteiger partial charge >= 0.3 is 0 Å². The van der Waals surface area contributed by atoms with Crippen molar-refractivity contribution in [1.29, 1.82) is 0 Å². The van der Waals surface area contributed by atoms with Crippen LogP contribution in [0, 0.1) is 18.3 Å². The summed E-state index contributed by atoms with van der Waals surface area (Å²) in [5, 5.41) is 3.45. The van der Waals surface area contributed by atoms with E-state index >= 15 is 0 Å². The molecule has 1 aromatic rings. The van der Waals surface area contributed by atoms with Crippen molar-refractivity contribution in [3.63, 3.8) is 0 Å². The number of allylic oxidation sites excluding steroid dienone is 1. The van der Waals surface area contributed by atoms with E-state index < -0.39 is 0 Å². The fraction of sp³-hybridized carbons (Fsp3) is 0.308. The molecule has 1 fully saturated rings. The van der Waals surface area contributed by atoms with E-state index in [2.05, 4.69) is 22.3 Å². The summed E-state index contributed by atoms with van der Waals surface area (Å²) in [6.45, 7) is 1.15. The third kappa shape index (κ3) is 1.28. The average Bonchev–Trinajstić information content (AvgIpc) is 2.54. The fourth-order valence-corrected chi connectivity index (χ4v) is 2.37. The number of pyridine rings is 1. The monoisotopic (exact) mass is 196 g/mol. The van der Waals surface area contributed by atoms with Crippen LogP contribution in [0.15, 0.2) is 24.5 Å². The smallest absolute Gasteiger partial charge is 0.0432 e. The lowest BCUT2D eigenvalue weighted by molar-refractivity contribution is 0.307. The van der Waals surface area contributed by atoms with Crippen LogP contribution >= 0.6 is 0 Å². The number of hydrogen-bond acceptors (Lipinski definition) is 2. The SMILES string of the molecule is C#Cc1cncc(C2=CC[C@H]3CN[C@@H]23)c1. The van der Waals surface area contributed by atoms with Gasteiger partial charge in [0.25, 0.3) is 0 Å². The minimum atomic E-state index is 0.542. The van der Waals surface area contributed by atoms with Crippen LogP contribution < -0.4 is 5.32 Å². The molecule has 1 aliphatic heterocycles. The second kappa shape index (κ2) is 3.22. The molecule has 0 aromatic carbocycles. The summed E-state index contributed by atoms with van der Waals surface area (Å²) < 4.78 is 0. The highest BCUT2D eigenvalue weighted by Crippen LogP contribution is 2.37. The van der Waals surface area contributed by atoms with Crippen molar-refractivity contribution < 1.29 is 0 Å². The van der Waals surface area contributed by atoms with E-state index in [1.807, 2.05) is 12.3 Å². The maximum Gasteiger partial charge on any atom is 0.0432 e. The number of rotatable bonds is 1. The van der Waals surface area contributed by atoms with Crippen molar-refractivity contribution >= 4 is 5.57 Å². The maximum absolute atomic E-state index is 5.37. The van der Waals surface area contributed by atoms with Crippen LogP contribution in [-0.2, 0) is 0 Å². The Labute approximate surface area is 89.4 Å². The molecule has 2 atom stereocenters. The van der Waals surface area contributed by atoms with Gasteiger partial charge in [0, 0.05) is 30.5 Å². The molecule has 1 aliphatic carbocycles. The quantitative estimate of drug-likeness (QED) is 0.687. The van der Waals surface area contributed by atoms with E-state index in [0.717, 1.165) is 18.0 Å². The molecule has 2 heterocycles. The first-order valence-electron chi connectivity index (χ1n) is 5.24. The zero-order chi connectivity index (χ0) is 10.3. The van der Waals surface area contributed by atoms with Gasteiger partial charge in [0.1, 0.15) is 0 Å². The third-order valence-corrected chi connectivity index (χ3v) is 3.29. The van der Waals surface area contributed by atoms with E-state index in [-0.39, 0.29) is 0 Å². The Balaban J connectivity index is 1.96. The van der Waals surface area contributed by atoms with Crippen molar-refractivity contribution in [2.45, 2.75) is 12.5 Å². The van der Waals surface area contributed by atoms with Gasteiger partial charge in [-0.3, -0.25) is 4.98 Å². The standard InChI is InChI=1S/C13H12N2/c1-2-9-5-11(7-14-6-9)12-4-3-10-8-15-13(10)12/h1,4-7,10,13,15H,3,8H2/t10-,13+/m0/s1. The summed E-state index contributed by atoms with van der Waals surface area (Å²) in [6.07, 6.45) is 12.5. The third-order valence-electron chi connectivity index (χ3n) is 3.29. The predicted octanol–water partition coefficient (Wildman–Crippen LogP) is 1.44. The molecule has 0 saturated carbocycles. The lowest BCUT2D eigenvalue weighted by Crippen LogP contribution is -2.50. The van der Waals surface area contributed by atoms with Crippen LogP contribution in [-0.4, -0.2) is 17.6 Å². The van der Waals surface area contributed by atoms with Crippen molar-refractivity contribution in [3.8, 4) is 12.3 Å². The predicted molar refractivity (Wildman–Crippen MR) is 60.0 cm³/mol. The maximum atomic E-state index is 5.37. The molecule has 1 N–H and O–H groups in total. The zero-order valence-electron chi connectivity index (χ0n) is 8.40. The van der Waals surface area contributed by atoms with Gasteiger partial charge in [0.2, 0.25) is 0 Å². The minimum Gasteiger partial charge on any atom is -0.309 e. The van der Waals surface area contributed by atoms with Gasteiger partial charge in [0.05, 0.1) is 0 Å².